The van der Waals surface area contributed by atoms with Gasteiger partial charge in [0.25, 0.3) is 0 Å². The maximum atomic E-state index is 13.9. The Morgan fingerprint density at radius 3 is 2.38 bits per heavy atom. The van der Waals surface area contributed by atoms with Gasteiger partial charge in [0.1, 0.15) is 12.4 Å². The highest BCUT2D eigenvalue weighted by Crippen LogP contribution is 2.32. The normalized spacial score (nSPS) is 17.7. The third kappa shape index (κ3) is 7.46. The molecule has 0 saturated carbocycles. The van der Waals surface area contributed by atoms with Gasteiger partial charge >= 0.3 is 6.09 Å². The second-order valence-corrected chi connectivity index (χ2v) is 12.1. The number of fused-ring (bicyclic) bond motifs is 1. The molecule has 2 aromatic heterocycles. The number of hydrogen-bond donors (Lipinski definition) is 5. The number of rotatable bonds is 11. The topological polar surface area (TPSA) is 143 Å². The summed E-state index contributed by atoms with van der Waals surface area (Å²) >= 11 is 4.90. The molecule has 2 amide bonds. The first kappa shape index (κ1) is 32.2. The van der Waals surface area contributed by atoms with Gasteiger partial charge in [-0.05, 0) is 35.6 Å². The zero-order valence-electron chi connectivity index (χ0n) is 25.9. The highest BCUT2D eigenvalue weighted by atomic mass is 32.1. The number of nitrogens with one attached hydrogen (secondary N) is 3. The molecule has 1 unspecified atom stereocenters. The number of carboxylic acid groups (broad SMARTS) is 1. The van der Waals surface area contributed by atoms with Gasteiger partial charge < -0.3 is 25.8 Å². The number of morpholine rings is 1. The molecule has 47 heavy (non-hydrogen) atoms. The summed E-state index contributed by atoms with van der Waals surface area (Å²) in [6.45, 7) is 1.31. The molecular formula is C35H37N7O4S. The Kier molecular flexibility index (Phi) is 10.1. The number of ether oxygens (including phenoxy) is 1. The van der Waals surface area contributed by atoms with Crippen LogP contribution in [0.5, 0.6) is 0 Å². The quantitative estimate of drug-likeness (QED) is 0.129. The maximum absolute atomic E-state index is 13.9. The van der Waals surface area contributed by atoms with Gasteiger partial charge in [-0.25, -0.2) is 14.8 Å². The lowest BCUT2D eigenvalue weighted by molar-refractivity contribution is -0.118. The molecule has 3 heterocycles. The van der Waals surface area contributed by atoms with Crippen molar-refractivity contribution in [3.05, 3.63) is 120 Å². The molecule has 4 atom stereocenters. The average Bonchev–Trinajstić information content (AvgIpc) is 3.48. The van der Waals surface area contributed by atoms with Crippen LogP contribution in [0, 0.1) is 0 Å². The molecule has 6 rings (SSSR count). The highest BCUT2D eigenvalue weighted by molar-refractivity contribution is 7.80. The fourth-order valence-electron chi connectivity index (χ4n) is 6.20. The summed E-state index contributed by atoms with van der Waals surface area (Å²) in [5, 5.41) is 23.7. The van der Waals surface area contributed by atoms with Crippen LogP contribution in [0.4, 0.5) is 10.5 Å². The number of carbonyl (C=O) groups is 2. The summed E-state index contributed by atoms with van der Waals surface area (Å²) in [5.41, 5.74) is 4.72. The zero-order valence-corrected chi connectivity index (χ0v) is 26.8. The lowest BCUT2D eigenvalue weighted by Crippen LogP contribution is -2.47. The van der Waals surface area contributed by atoms with Gasteiger partial charge in [0.2, 0.25) is 5.91 Å². The van der Waals surface area contributed by atoms with Crippen LogP contribution in [0.15, 0.2) is 97.5 Å². The number of thiol groups is 1. The van der Waals surface area contributed by atoms with Crippen LogP contribution in [0.1, 0.15) is 40.0 Å². The molecule has 242 valence electrons. The van der Waals surface area contributed by atoms with E-state index in [1.165, 1.54) is 6.33 Å². The SMILES string of the molecule is Cn1ncc2c(C(S)[C@@H]3CNC[C@@H](CCc4ccccc4NC(=O)[C@@H](NC(=O)O)C(c4ccccc4)c4ccccc4)O3)ncnc21. The molecule has 0 radical (unpaired) electrons. The number of anilines is 1. The second kappa shape index (κ2) is 14.8. The van der Waals surface area contributed by atoms with Crippen molar-refractivity contribution in [2.45, 2.75) is 42.3 Å². The summed E-state index contributed by atoms with van der Waals surface area (Å²) in [4.78, 5) is 34.8. The van der Waals surface area contributed by atoms with E-state index in [2.05, 4.69) is 31.0 Å². The van der Waals surface area contributed by atoms with Crippen LogP contribution >= 0.6 is 12.6 Å². The van der Waals surface area contributed by atoms with Crippen LogP contribution in [-0.4, -0.2) is 68.2 Å². The molecule has 1 fully saturated rings. The maximum Gasteiger partial charge on any atom is 0.405 e. The Morgan fingerprint density at radius 2 is 1.68 bits per heavy atom. The number of carbonyl (C=O) groups excluding carboxylic acids is 1. The van der Waals surface area contributed by atoms with Crippen molar-refractivity contribution in [2.24, 2.45) is 7.05 Å². The molecule has 0 spiro atoms. The molecule has 1 aliphatic rings. The first-order chi connectivity index (χ1) is 22.9. The van der Waals surface area contributed by atoms with Gasteiger partial charge in [-0.3, -0.25) is 9.48 Å². The van der Waals surface area contributed by atoms with Crippen molar-refractivity contribution < 1.29 is 19.4 Å². The molecule has 11 nitrogen and oxygen atoms in total. The van der Waals surface area contributed by atoms with Crippen molar-refractivity contribution in [3.8, 4) is 0 Å². The van der Waals surface area contributed by atoms with Gasteiger partial charge in [-0.1, -0.05) is 78.9 Å². The Bertz CT molecular complexity index is 1780. The second-order valence-electron chi connectivity index (χ2n) is 11.6. The molecule has 4 N–H and O–H groups in total. The monoisotopic (exact) mass is 651 g/mol. The van der Waals surface area contributed by atoms with Gasteiger partial charge in [0, 0.05) is 31.7 Å². The molecule has 5 aromatic rings. The van der Waals surface area contributed by atoms with Crippen LogP contribution < -0.4 is 16.0 Å². The average molecular weight is 652 g/mol. The summed E-state index contributed by atoms with van der Waals surface area (Å²) in [7, 11) is 1.84. The fourth-order valence-corrected chi connectivity index (χ4v) is 6.58. The minimum atomic E-state index is -1.28. The fraction of sp³-hybridized carbons (Fsp3) is 0.286. The van der Waals surface area contributed by atoms with E-state index in [1.807, 2.05) is 92.0 Å². The summed E-state index contributed by atoms with van der Waals surface area (Å²) < 4.78 is 8.24. The number of benzene rings is 3. The van der Waals surface area contributed by atoms with Gasteiger partial charge in [-0.15, -0.1) is 0 Å². The number of aryl methyl sites for hydroxylation is 2. The first-order valence-electron chi connectivity index (χ1n) is 15.5. The van der Waals surface area contributed by atoms with E-state index in [0.29, 0.717) is 31.6 Å². The van der Waals surface area contributed by atoms with E-state index in [1.54, 1.807) is 10.9 Å². The Labute approximate surface area is 278 Å². The molecular weight excluding hydrogens is 614 g/mol. The molecule has 1 aliphatic heterocycles. The van der Waals surface area contributed by atoms with Crippen molar-refractivity contribution >= 4 is 41.3 Å². The van der Waals surface area contributed by atoms with Crippen molar-refractivity contribution in [1.82, 2.24) is 30.4 Å². The summed E-state index contributed by atoms with van der Waals surface area (Å²) in [6, 6.07) is 25.4. The smallest absolute Gasteiger partial charge is 0.405 e. The van der Waals surface area contributed by atoms with E-state index in [0.717, 1.165) is 33.4 Å². The van der Waals surface area contributed by atoms with E-state index in [4.69, 9.17) is 17.4 Å². The van der Waals surface area contributed by atoms with Gasteiger partial charge in [0.15, 0.2) is 5.65 Å². The third-order valence-corrected chi connectivity index (χ3v) is 9.08. The molecule has 1 saturated heterocycles. The van der Waals surface area contributed by atoms with E-state index >= 15 is 0 Å². The first-order valence-corrected chi connectivity index (χ1v) is 16.1. The number of hydrogen-bond acceptors (Lipinski definition) is 8. The largest absolute Gasteiger partial charge is 0.465 e. The summed E-state index contributed by atoms with van der Waals surface area (Å²) in [5.74, 6) is -0.992. The summed E-state index contributed by atoms with van der Waals surface area (Å²) in [6.07, 6.45) is 3.01. The highest BCUT2D eigenvalue weighted by Gasteiger charge is 2.33. The Balaban J connectivity index is 1.16. The van der Waals surface area contributed by atoms with Crippen LogP contribution in [-0.2, 0) is 23.0 Å². The number of amides is 2. The van der Waals surface area contributed by atoms with E-state index < -0.39 is 24.0 Å². The van der Waals surface area contributed by atoms with Crippen LogP contribution in [0.25, 0.3) is 11.0 Å². The van der Waals surface area contributed by atoms with Crippen molar-refractivity contribution in [3.63, 3.8) is 0 Å². The third-order valence-electron chi connectivity index (χ3n) is 8.50. The number of para-hydroxylation sites is 1. The van der Waals surface area contributed by atoms with Crippen molar-refractivity contribution in [2.75, 3.05) is 18.4 Å². The van der Waals surface area contributed by atoms with Gasteiger partial charge in [0.05, 0.1) is 34.7 Å². The standard InChI is InChI=1S/C35H37N7O4S/c1-42-33-26(19-39-42)30(37-21-38-33)32(47)28-20-36-18-25(46-28)17-16-22-10-8-9-15-27(22)40-34(43)31(41-35(44)45)29(23-11-4-2-5-12-23)24-13-6-3-7-14-24/h2-15,19,21,25,28-29,31-32,36,41,47H,16-18,20H2,1H3,(H,40,43)(H,44,45)/t25-,28+,31+,32?/m1/s1. The Hall–Kier alpha value is -4.78. The minimum Gasteiger partial charge on any atom is -0.465 e. The lowest BCUT2D eigenvalue weighted by atomic mass is 9.84. The predicted octanol–water partition coefficient (Wildman–Crippen LogP) is 4.73. The van der Waals surface area contributed by atoms with Crippen LogP contribution in [0.3, 0.4) is 0 Å². The van der Waals surface area contributed by atoms with Gasteiger partial charge in [-0.2, -0.15) is 17.7 Å². The van der Waals surface area contributed by atoms with E-state index in [9.17, 15) is 14.7 Å². The Morgan fingerprint density at radius 1 is 1.00 bits per heavy atom. The molecule has 0 bridgehead atoms. The molecule has 3 aromatic carbocycles. The minimum absolute atomic E-state index is 0.0969. The van der Waals surface area contributed by atoms with E-state index in [-0.39, 0.29) is 17.5 Å². The van der Waals surface area contributed by atoms with Crippen LogP contribution in [0.2, 0.25) is 0 Å². The molecule has 12 heteroatoms. The lowest BCUT2D eigenvalue weighted by Gasteiger charge is -2.34. The molecule has 0 aliphatic carbocycles. The van der Waals surface area contributed by atoms with Crippen molar-refractivity contribution in [1.29, 1.82) is 0 Å². The number of nitrogens with zero attached hydrogens (tertiary/aromatic N) is 4. The predicted molar refractivity (Wildman–Crippen MR) is 183 cm³/mol. The zero-order chi connectivity index (χ0) is 32.8. The number of aromatic nitrogens is 4.